The fourth-order valence-corrected chi connectivity index (χ4v) is 3.82. The predicted octanol–water partition coefficient (Wildman–Crippen LogP) is 2.57. The Morgan fingerprint density at radius 3 is 3.10 bits per heavy atom. The van der Waals surface area contributed by atoms with Crippen LogP contribution in [0.5, 0.6) is 0 Å². The van der Waals surface area contributed by atoms with Crippen molar-refractivity contribution in [2.24, 2.45) is 0 Å². The molecule has 2 fully saturated rings. The summed E-state index contributed by atoms with van der Waals surface area (Å²) < 4.78 is 11.3. The van der Waals surface area contributed by atoms with E-state index in [1.807, 2.05) is 35.7 Å². The van der Waals surface area contributed by atoms with Crippen LogP contribution in [0.25, 0.3) is 0 Å². The van der Waals surface area contributed by atoms with E-state index in [0.717, 1.165) is 23.7 Å². The number of morpholine rings is 1. The Balaban J connectivity index is 1.56. The minimum atomic E-state index is -0.154. The minimum Gasteiger partial charge on any atom is -0.464 e. The van der Waals surface area contributed by atoms with Crippen LogP contribution in [-0.4, -0.2) is 48.2 Å². The standard InChI is InChI=1S/C15H22N2O3S/c1-11-4-5-13(20-11)14-9-17(6-7-19-14)15(18)16-12-3-2-8-21-10-12/h4-5,12,14H,2-3,6-10H2,1H3,(H,16,18)/t12-,14+/m1/s1. The van der Waals surface area contributed by atoms with Crippen LogP contribution < -0.4 is 5.32 Å². The molecule has 21 heavy (non-hydrogen) atoms. The van der Waals surface area contributed by atoms with E-state index in [2.05, 4.69) is 5.32 Å². The molecule has 0 spiro atoms. The number of amides is 2. The summed E-state index contributed by atoms with van der Waals surface area (Å²) in [6.07, 6.45) is 2.12. The third kappa shape index (κ3) is 3.74. The number of hydrogen-bond donors (Lipinski definition) is 1. The van der Waals surface area contributed by atoms with E-state index in [0.29, 0.717) is 25.7 Å². The van der Waals surface area contributed by atoms with Crippen molar-refractivity contribution < 1.29 is 13.9 Å². The molecular weight excluding hydrogens is 288 g/mol. The molecule has 1 aromatic rings. The SMILES string of the molecule is Cc1ccc([C@@H]2CN(C(=O)N[C@@H]3CCCSC3)CCO2)o1. The highest BCUT2D eigenvalue weighted by molar-refractivity contribution is 7.99. The van der Waals surface area contributed by atoms with Crippen LogP contribution in [0.3, 0.4) is 0 Å². The van der Waals surface area contributed by atoms with Crippen LogP contribution in [0.1, 0.15) is 30.5 Å². The largest absolute Gasteiger partial charge is 0.464 e. The van der Waals surface area contributed by atoms with Gasteiger partial charge in [-0.1, -0.05) is 0 Å². The molecule has 6 heteroatoms. The Morgan fingerprint density at radius 1 is 1.48 bits per heavy atom. The summed E-state index contributed by atoms with van der Waals surface area (Å²) >= 11 is 1.92. The van der Waals surface area contributed by atoms with Crippen LogP contribution in [0.4, 0.5) is 4.79 Å². The summed E-state index contributed by atoms with van der Waals surface area (Å²) in [5.41, 5.74) is 0. The van der Waals surface area contributed by atoms with Crippen molar-refractivity contribution in [1.29, 1.82) is 0 Å². The second-order valence-corrected chi connectivity index (χ2v) is 6.77. The van der Waals surface area contributed by atoms with Gasteiger partial charge in [-0.15, -0.1) is 0 Å². The van der Waals surface area contributed by atoms with Gasteiger partial charge in [-0.05, 0) is 37.7 Å². The maximum absolute atomic E-state index is 12.4. The normalized spacial score (nSPS) is 26.6. The molecule has 0 bridgehead atoms. The molecule has 2 atom stereocenters. The monoisotopic (exact) mass is 310 g/mol. The van der Waals surface area contributed by atoms with E-state index in [4.69, 9.17) is 9.15 Å². The number of aryl methyl sites for hydroxylation is 1. The first-order chi connectivity index (χ1) is 10.2. The van der Waals surface area contributed by atoms with Crippen LogP contribution in [0.2, 0.25) is 0 Å². The van der Waals surface area contributed by atoms with Gasteiger partial charge in [-0.25, -0.2) is 4.79 Å². The Kier molecular flexibility index (Phi) is 4.75. The Bertz CT molecular complexity index is 485. The van der Waals surface area contributed by atoms with Gasteiger partial charge in [-0.3, -0.25) is 0 Å². The van der Waals surface area contributed by atoms with Crippen molar-refractivity contribution >= 4 is 17.8 Å². The van der Waals surface area contributed by atoms with Gasteiger partial charge in [0, 0.05) is 18.3 Å². The van der Waals surface area contributed by atoms with Gasteiger partial charge in [0.25, 0.3) is 0 Å². The van der Waals surface area contributed by atoms with Crippen molar-refractivity contribution in [3.8, 4) is 0 Å². The molecular formula is C15H22N2O3S. The molecule has 5 nitrogen and oxygen atoms in total. The van der Waals surface area contributed by atoms with Crippen molar-refractivity contribution in [3.63, 3.8) is 0 Å². The number of furan rings is 1. The van der Waals surface area contributed by atoms with E-state index >= 15 is 0 Å². The lowest BCUT2D eigenvalue weighted by atomic mass is 10.2. The highest BCUT2D eigenvalue weighted by Gasteiger charge is 2.28. The molecule has 0 unspecified atom stereocenters. The number of thioether (sulfide) groups is 1. The van der Waals surface area contributed by atoms with E-state index in [-0.39, 0.29) is 12.1 Å². The van der Waals surface area contributed by atoms with Crippen LogP contribution in [0.15, 0.2) is 16.5 Å². The van der Waals surface area contributed by atoms with E-state index < -0.39 is 0 Å². The second-order valence-electron chi connectivity index (χ2n) is 5.62. The van der Waals surface area contributed by atoms with Crippen molar-refractivity contribution in [2.75, 3.05) is 31.2 Å². The minimum absolute atomic E-state index is 0.0269. The summed E-state index contributed by atoms with van der Waals surface area (Å²) in [5.74, 6) is 3.91. The second kappa shape index (κ2) is 6.75. The highest BCUT2D eigenvalue weighted by Crippen LogP contribution is 2.24. The van der Waals surface area contributed by atoms with Crippen molar-refractivity contribution in [2.45, 2.75) is 31.9 Å². The topological polar surface area (TPSA) is 54.7 Å². The fourth-order valence-electron chi connectivity index (χ4n) is 2.75. The third-order valence-electron chi connectivity index (χ3n) is 3.92. The molecule has 1 aromatic heterocycles. The number of ether oxygens (including phenoxy) is 1. The Hall–Kier alpha value is -1.14. The summed E-state index contributed by atoms with van der Waals surface area (Å²) in [5, 5.41) is 3.15. The van der Waals surface area contributed by atoms with Gasteiger partial charge in [0.15, 0.2) is 0 Å². The highest BCUT2D eigenvalue weighted by atomic mass is 32.2. The Morgan fingerprint density at radius 2 is 2.38 bits per heavy atom. The lowest BCUT2D eigenvalue weighted by Gasteiger charge is -2.33. The number of rotatable bonds is 2. The first-order valence-electron chi connectivity index (χ1n) is 7.53. The number of urea groups is 1. The lowest BCUT2D eigenvalue weighted by molar-refractivity contribution is -0.0266. The van der Waals surface area contributed by atoms with Gasteiger partial charge in [0.1, 0.15) is 17.6 Å². The lowest BCUT2D eigenvalue weighted by Crippen LogP contribution is -2.50. The predicted molar refractivity (Wildman–Crippen MR) is 82.6 cm³/mol. The number of nitrogens with zero attached hydrogens (tertiary/aromatic N) is 1. The molecule has 0 aliphatic carbocycles. The third-order valence-corrected chi connectivity index (χ3v) is 5.14. The fraction of sp³-hybridized carbons (Fsp3) is 0.667. The summed E-state index contributed by atoms with van der Waals surface area (Å²) in [6.45, 7) is 3.66. The van der Waals surface area contributed by atoms with Gasteiger partial charge in [-0.2, -0.15) is 11.8 Å². The average molecular weight is 310 g/mol. The first-order valence-corrected chi connectivity index (χ1v) is 8.69. The molecule has 116 valence electrons. The van der Waals surface area contributed by atoms with E-state index in [9.17, 15) is 4.79 Å². The van der Waals surface area contributed by atoms with E-state index in [1.165, 1.54) is 12.2 Å². The van der Waals surface area contributed by atoms with Gasteiger partial charge < -0.3 is 19.4 Å². The molecule has 3 heterocycles. The number of hydrogen-bond acceptors (Lipinski definition) is 4. The quantitative estimate of drug-likeness (QED) is 0.912. The molecule has 0 saturated carbocycles. The van der Waals surface area contributed by atoms with Crippen molar-refractivity contribution in [1.82, 2.24) is 10.2 Å². The average Bonchev–Trinajstić information content (AvgIpc) is 2.95. The maximum Gasteiger partial charge on any atom is 0.317 e. The van der Waals surface area contributed by atoms with Crippen LogP contribution in [-0.2, 0) is 4.74 Å². The zero-order valence-electron chi connectivity index (χ0n) is 12.3. The molecule has 3 rings (SSSR count). The van der Waals surface area contributed by atoms with Gasteiger partial charge >= 0.3 is 6.03 Å². The van der Waals surface area contributed by atoms with Crippen LogP contribution >= 0.6 is 11.8 Å². The van der Waals surface area contributed by atoms with Gasteiger partial charge in [0.2, 0.25) is 0 Å². The summed E-state index contributed by atoms with van der Waals surface area (Å²) in [4.78, 5) is 14.2. The molecule has 2 amide bonds. The number of nitrogens with one attached hydrogen (secondary N) is 1. The summed E-state index contributed by atoms with van der Waals surface area (Å²) in [6, 6.07) is 4.19. The zero-order chi connectivity index (χ0) is 14.7. The molecule has 2 aliphatic rings. The zero-order valence-corrected chi connectivity index (χ0v) is 13.2. The molecule has 1 N–H and O–H groups in total. The van der Waals surface area contributed by atoms with Gasteiger partial charge in [0.05, 0.1) is 13.2 Å². The molecule has 0 radical (unpaired) electrons. The molecule has 2 aliphatic heterocycles. The molecule has 2 saturated heterocycles. The Labute approximate surface area is 129 Å². The first kappa shape index (κ1) is 14.8. The molecule has 0 aromatic carbocycles. The van der Waals surface area contributed by atoms with Crippen molar-refractivity contribution in [3.05, 3.63) is 23.7 Å². The smallest absolute Gasteiger partial charge is 0.317 e. The number of carbonyl (C=O) groups is 1. The number of carbonyl (C=O) groups excluding carboxylic acids is 1. The maximum atomic E-state index is 12.4. The van der Waals surface area contributed by atoms with E-state index in [1.54, 1.807) is 0 Å². The van der Waals surface area contributed by atoms with Crippen LogP contribution in [0, 0.1) is 6.92 Å². The summed E-state index contributed by atoms with van der Waals surface area (Å²) in [7, 11) is 0.